The summed E-state index contributed by atoms with van der Waals surface area (Å²) in [6.07, 6.45) is 0. The first-order chi connectivity index (χ1) is 25.2. The molecule has 0 aliphatic heterocycles. The van der Waals surface area contributed by atoms with Gasteiger partial charge in [-0.05, 0) is 128 Å². The van der Waals surface area contributed by atoms with Crippen LogP contribution in [0.4, 0.5) is 22.7 Å². The Hall–Kier alpha value is -6.56. The molecule has 0 aliphatic carbocycles. The Bertz CT molecular complexity index is 2380. The lowest BCUT2D eigenvalue weighted by Crippen LogP contribution is -2.11. The van der Waals surface area contributed by atoms with Gasteiger partial charge in [-0.15, -0.1) is 22.7 Å². The predicted octanol–water partition coefficient (Wildman–Crippen LogP) is 9.61. The monoisotopic (exact) mass is 720 g/mol. The number of carbonyl (C=O) groups is 2. The van der Waals surface area contributed by atoms with Crippen molar-refractivity contribution < 1.29 is 14.7 Å². The summed E-state index contributed by atoms with van der Waals surface area (Å²) in [5.41, 5.74) is 20.1. The van der Waals surface area contributed by atoms with Crippen LogP contribution in [0, 0.1) is 6.92 Å². The number of fused-ring (bicyclic) bond motifs is 2. The van der Waals surface area contributed by atoms with E-state index in [2.05, 4.69) is 39.7 Å². The number of aromatic nitrogens is 2. The highest BCUT2D eigenvalue weighted by Gasteiger charge is 2.11. The third-order valence-electron chi connectivity index (χ3n) is 7.99. The average Bonchev–Trinajstić information content (AvgIpc) is 3.76. The van der Waals surface area contributed by atoms with Gasteiger partial charge in [0.05, 0.1) is 20.4 Å². The van der Waals surface area contributed by atoms with Crippen molar-refractivity contribution in [3.63, 3.8) is 0 Å². The van der Waals surface area contributed by atoms with Gasteiger partial charge in [0, 0.05) is 45.0 Å². The van der Waals surface area contributed by atoms with E-state index in [9.17, 15) is 14.7 Å². The first-order valence-corrected chi connectivity index (χ1v) is 17.8. The second kappa shape index (κ2) is 14.7. The lowest BCUT2D eigenvalue weighted by atomic mass is 10.1. The lowest BCUT2D eigenvalue weighted by molar-refractivity contribution is 0.101. The number of hydrogen-bond acceptors (Lipinski definition) is 9. The molecule has 0 atom stereocenters. The Morgan fingerprint density at radius 1 is 0.577 bits per heavy atom. The molecular formula is C41H32N6O3S2. The largest absolute Gasteiger partial charge is 0.508 e. The number of rotatable bonds is 6. The smallest absolute Gasteiger partial charge is 0.255 e. The first kappa shape index (κ1) is 33.9. The third kappa shape index (κ3) is 7.91. The Morgan fingerprint density at radius 3 is 1.52 bits per heavy atom. The molecular weight excluding hydrogens is 689 g/mol. The molecule has 0 radical (unpaired) electrons. The van der Waals surface area contributed by atoms with Gasteiger partial charge in [0.1, 0.15) is 15.8 Å². The number of aromatic hydroxyl groups is 1. The number of amides is 2. The molecule has 2 amide bonds. The summed E-state index contributed by atoms with van der Waals surface area (Å²) in [6, 6.07) is 40.4. The van der Waals surface area contributed by atoms with Crippen molar-refractivity contribution in [2.75, 3.05) is 22.1 Å². The van der Waals surface area contributed by atoms with E-state index in [-0.39, 0.29) is 17.6 Å². The van der Waals surface area contributed by atoms with Gasteiger partial charge in [-0.3, -0.25) is 9.59 Å². The molecule has 8 rings (SSSR count). The normalized spacial score (nSPS) is 10.8. The SMILES string of the molecule is Cc1ccc2nc(-c3ccc(NC(=O)c4cccc(N)c4)cc3)sc2c1.Nc1cccc(C(=O)Nc2ccc(-c3nc4ccc(O)cc4s3)cc2)c1. The average molecular weight is 721 g/mol. The fourth-order valence-corrected chi connectivity index (χ4v) is 7.42. The van der Waals surface area contributed by atoms with Crippen molar-refractivity contribution in [2.45, 2.75) is 6.92 Å². The summed E-state index contributed by atoms with van der Waals surface area (Å²) in [7, 11) is 0. The summed E-state index contributed by atoms with van der Waals surface area (Å²) < 4.78 is 2.11. The molecule has 256 valence electrons. The first-order valence-electron chi connectivity index (χ1n) is 16.2. The number of nitrogens with zero attached hydrogens (tertiary/aromatic N) is 2. The van der Waals surface area contributed by atoms with Gasteiger partial charge in [0.2, 0.25) is 0 Å². The number of nitrogens with two attached hydrogens (primary N) is 2. The van der Waals surface area contributed by atoms with Gasteiger partial charge < -0.3 is 27.2 Å². The molecule has 0 aliphatic rings. The molecule has 0 unspecified atom stereocenters. The van der Waals surface area contributed by atoms with Gasteiger partial charge in [0.25, 0.3) is 11.8 Å². The van der Waals surface area contributed by atoms with Gasteiger partial charge in [-0.1, -0.05) is 18.2 Å². The Morgan fingerprint density at radius 2 is 1.04 bits per heavy atom. The molecule has 0 spiro atoms. The van der Waals surface area contributed by atoms with Gasteiger partial charge >= 0.3 is 0 Å². The van der Waals surface area contributed by atoms with Crippen molar-refractivity contribution in [3.05, 3.63) is 150 Å². The number of hydrogen-bond donors (Lipinski definition) is 5. The number of nitrogens with one attached hydrogen (secondary N) is 2. The second-order valence-electron chi connectivity index (χ2n) is 12.0. The Kier molecular flexibility index (Phi) is 9.61. The maximum Gasteiger partial charge on any atom is 0.255 e. The third-order valence-corrected chi connectivity index (χ3v) is 10.1. The highest BCUT2D eigenvalue weighted by atomic mass is 32.1. The molecule has 7 N–H and O–H groups in total. The summed E-state index contributed by atoms with van der Waals surface area (Å²) >= 11 is 3.18. The minimum Gasteiger partial charge on any atom is -0.508 e. The second-order valence-corrected chi connectivity index (χ2v) is 14.0. The van der Waals surface area contributed by atoms with E-state index in [1.54, 1.807) is 78.1 Å². The number of phenols is 1. The summed E-state index contributed by atoms with van der Waals surface area (Å²) in [6.45, 7) is 2.08. The minimum absolute atomic E-state index is 0.180. The number of phenolic OH excluding ortho intramolecular Hbond substituents is 1. The molecule has 0 fully saturated rings. The Labute approximate surface area is 307 Å². The molecule has 52 heavy (non-hydrogen) atoms. The maximum absolute atomic E-state index is 12.3. The van der Waals surface area contributed by atoms with Crippen molar-refractivity contribution in [2.24, 2.45) is 0 Å². The van der Waals surface area contributed by atoms with Crippen LogP contribution in [0.2, 0.25) is 0 Å². The topological polar surface area (TPSA) is 156 Å². The van der Waals surface area contributed by atoms with E-state index in [1.165, 1.54) is 21.6 Å². The lowest BCUT2D eigenvalue weighted by Gasteiger charge is -2.06. The molecule has 2 heterocycles. The molecule has 0 bridgehead atoms. The van der Waals surface area contributed by atoms with Gasteiger partial charge in [-0.25, -0.2) is 9.97 Å². The van der Waals surface area contributed by atoms with Crippen LogP contribution < -0.4 is 22.1 Å². The minimum atomic E-state index is -0.208. The number of aryl methyl sites for hydroxylation is 1. The van der Waals surface area contributed by atoms with Crippen LogP contribution in [-0.2, 0) is 0 Å². The number of benzene rings is 6. The highest BCUT2D eigenvalue weighted by Crippen LogP contribution is 2.33. The van der Waals surface area contributed by atoms with Crippen LogP contribution in [0.3, 0.4) is 0 Å². The molecule has 0 saturated carbocycles. The van der Waals surface area contributed by atoms with Crippen molar-refractivity contribution in [1.82, 2.24) is 9.97 Å². The van der Waals surface area contributed by atoms with Crippen LogP contribution >= 0.6 is 22.7 Å². The van der Waals surface area contributed by atoms with E-state index in [1.807, 2.05) is 54.6 Å². The van der Waals surface area contributed by atoms with Gasteiger partial charge in [-0.2, -0.15) is 0 Å². The molecule has 11 heteroatoms. The van der Waals surface area contributed by atoms with Crippen LogP contribution in [0.15, 0.2) is 133 Å². The van der Waals surface area contributed by atoms with E-state index >= 15 is 0 Å². The fourth-order valence-electron chi connectivity index (χ4n) is 5.35. The summed E-state index contributed by atoms with van der Waals surface area (Å²) in [5.74, 6) is -0.159. The van der Waals surface area contributed by atoms with Crippen LogP contribution in [0.25, 0.3) is 41.6 Å². The number of anilines is 4. The zero-order valence-corrected chi connectivity index (χ0v) is 29.5. The number of nitrogen functional groups attached to an aromatic ring is 2. The quantitative estimate of drug-likeness (QED) is 0.107. The molecule has 0 saturated heterocycles. The summed E-state index contributed by atoms with van der Waals surface area (Å²) in [5, 5.41) is 17.1. The molecule has 8 aromatic rings. The Balaban J connectivity index is 0.000000162. The van der Waals surface area contributed by atoms with Crippen LogP contribution in [0.1, 0.15) is 26.3 Å². The highest BCUT2D eigenvalue weighted by molar-refractivity contribution is 7.22. The number of carbonyl (C=O) groups excluding carboxylic acids is 2. The van der Waals surface area contributed by atoms with Crippen LogP contribution in [-0.4, -0.2) is 26.9 Å². The van der Waals surface area contributed by atoms with Crippen molar-refractivity contribution in [3.8, 4) is 26.9 Å². The van der Waals surface area contributed by atoms with E-state index in [0.717, 1.165) is 42.6 Å². The van der Waals surface area contributed by atoms with E-state index < -0.39 is 0 Å². The van der Waals surface area contributed by atoms with Gasteiger partial charge in [0.15, 0.2) is 0 Å². The van der Waals surface area contributed by atoms with Crippen LogP contribution in [0.5, 0.6) is 5.75 Å². The summed E-state index contributed by atoms with van der Waals surface area (Å²) in [4.78, 5) is 33.8. The molecule has 9 nitrogen and oxygen atoms in total. The van der Waals surface area contributed by atoms with E-state index in [4.69, 9.17) is 11.5 Å². The van der Waals surface area contributed by atoms with Crippen molar-refractivity contribution >= 4 is 77.7 Å². The predicted molar refractivity (Wildman–Crippen MR) is 214 cm³/mol. The maximum atomic E-state index is 12.3. The number of thiazole rings is 2. The fraction of sp³-hybridized carbons (Fsp3) is 0.0244. The molecule has 6 aromatic carbocycles. The zero-order chi connectivity index (χ0) is 36.2. The standard InChI is InChI=1S/C21H17N3OS.C20H15N3O2S/c1-13-5-10-18-19(11-13)26-21(24-18)14-6-8-17(9-7-14)23-20(25)15-3-2-4-16(22)12-15;21-14-3-1-2-13(10-14)19(25)22-15-6-4-12(5-7-15)20-23-17-9-8-16(24)11-18(17)26-20/h2-12H,22H2,1H3,(H,23,25);1-11,24H,21H2,(H,22,25). The molecule has 2 aromatic heterocycles. The van der Waals surface area contributed by atoms with Crippen molar-refractivity contribution in [1.29, 1.82) is 0 Å². The van der Waals surface area contributed by atoms with E-state index in [0.29, 0.717) is 28.2 Å². The zero-order valence-electron chi connectivity index (χ0n) is 27.8.